The third kappa shape index (κ3) is 3.46. The van der Waals surface area contributed by atoms with Gasteiger partial charge in [-0.25, -0.2) is 9.18 Å². The molecule has 124 valence electrons. The number of benzene rings is 2. The summed E-state index contributed by atoms with van der Waals surface area (Å²) in [4.78, 5) is 17.6. The third-order valence-electron chi connectivity index (χ3n) is 3.86. The number of likely N-dealkylation sites (N-methyl/N-ethyl adjacent to an activating group) is 1. The number of hydrogen-bond acceptors (Lipinski definition) is 3. The Kier molecular flexibility index (Phi) is 4.62. The van der Waals surface area contributed by atoms with E-state index in [1.54, 1.807) is 6.07 Å². The second kappa shape index (κ2) is 6.84. The van der Waals surface area contributed by atoms with E-state index in [0.29, 0.717) is 11.3 Å². The molecule has 0 saturated heterocycles. The number of aromatic amines is 1. The highest BCUT2D eigenvalue weighted by atomic mass is 19.1. The van der Waals surface area contributed by atoms with Crippen molar-refractivity contribution >= 4 is 16.9 Å². The zero-order valence-corrected chi connectivity index (χ0v) is 13.7. The van der Waals surface area contributed by atoms with Crippen LogP contribution in [0.3, 0.4) is 0 Å². The van der Waals surface area contributed by atoms with Gasteiger partial charge in [-0.15, -0.1) is 0 Å². The molecule has 3 aromatic rings. The van der Waals surface area contributed by atoms with Gasteiger partial charge < -0.3 is 14.6 Å². The van der Waals surface area contributed by atoms with Gasteiger partial charge in [-0.3, -0.25) is 0 Å². The number of nitrogens with one attached hydrogen (secondary N) is 1. The summed E-state index contributed by atoms with van der Waals surface area (Å²) in [5.74, 6) is -0.371. The minimum absolute atomic E-state index is 0.318. The molecule has 4 nitrogen and oxygen atoms in total. The highest BCUT2D eigenvalue weighted by molar-refractivity contribution is 5.96. The highest BCUT2D eigenvalue weighted by Gasteiger charge is 2.14. The molecular weight excluding hydrogens is 307 g/mol. The number of rotatable bonds is 5. The second-order valence-electron chi connectivity index (χ2n) is 5.94. The average molecular weight is 326 g/mol. The van der Waals surface area contributed by atoms with Gasteiger partial charge in [-0.05, 0) is 62.5 Å². The Morgan fingerprint density at radius 3 is 2.62 bits per heavy atom. The quantitative estimate of drug-likeness (QED) is 0.575. The lowest BCUT2D eigenvalue weighted by Crippen LogP contribution is -2.15. The molecule has 3 rings (SSSR count). The average Bonchev–Trinajstić information content (AvgIpc) is 2.97. The maximum absolute atomic E-state index is 13.0. The fourth-order valence-corrected chi connectivity index (χ4v) is 2.59. The zero-order valence-electron chi connectivity index (χ0n) is 13.7. The molecule has 0 aliphatic heterocycles. The first-order chi connectivity index (χ1) is 11.5. The first kappa shape index (κ1) is 16.2. The predicted octanol–water partition coefficient (Wildman–Crippen LogP) is 3.63. The lowest BCUT2D eigenvalue weighted by Gasteiger charge is -2.10. The molecule has 2 aromatic carbocycles. The number of carbonyl (C=O) groups excluding carboxylic acids is 1. The summed E-state index contributed by atoms with van der Waals surface area (Å²) in [5.41, 5.74) is 2.34. The monoisotopic (exact) mass is 326 g/mol. The smallest absolute Gasteiger partial charge is 0.343 e. The summed E-state index contributed by atoms with van der Waals surface area (Å²) in [6, 6.07) is 10.9. The van der Waals surface area contributed by atoms with Crippen molar-refractivity contribution in [1.82, 2.24) is 9.88 Å². The van der Waals surface area contributed by atoms with E-state index in [1.807, 2.05) is 32.4 Å². The fourth-order valence-electron chi connectivity index (χ4n) is 2.59. The van der Waals surface area contributed by atoms with E-state index in [2.05, 4.69) is 9.88 Å². The summed E-state index contributed by atoms with van der Waals surface area (Å²) >= 11 is 0. The van der Waals surface area contributed by atoms with Crippen molar-refractivity contribution in [3.63, 3.8) is 0 Å². The molecule has 0 unspecified atom stereocenters. The zero-order chi connectivity index (χ0) is 17.1. The largest absolute Gasteiger partial charge is 0.422 e. The number of aromatic nitrogens is 1. The van der Waals surface area contributed by atoms with Crippen molar-refractivity contribution in [3.8, 4) is 5.75 Å². The third-order valence-corrected chi connectivity index (χ3v) is 3.86. The van der Waals surface area contributed by atoms with Gasteiger partial charge in [0, 0.05) is 23.6 Å². The number of nitrogens with zero attached hydrogens (tertiary/aromatic N) is 1. The van der Waals surface area contributed by atoms with Crippen LogP contribution in [0.25, 0.3) is 10.9 Å². The van der Waals surface area contributed by atoms with Gasteiger partial charge in [-0.2, -0.15) is 0 Å². The van der Waals surface area contributed by atoms with Crippen molar-refractivity contribution in [1.29, 1.82) is 0 Å². The molecule has 1 heterocycles. The van der Waals surface area contributed by atoms with Crippen molar-refractivity contribution < 1.29 is 13.9 Å². The van der Waals surface area contributed by atoms with Gasteiger partial charge in [0.1, 0.15) is 11.6 Å². The van der Waals surface area contributed by atoms with Crippen LogP contribution in [0.1, 0.15) is 15.9 Å². The van der Waals surface area contributed by atoms with Crippen LogP contribution in [0.5, 0.6) is 5.75 Å². The molecule has 0 saturated carbocycles. The topological polar surface area (TPSA) is 45.3 Å². The first-order valence-electron chi connectivity index (χ1n) is 7.76. The number of esters is 1. The lowest BCUT2D eigenvalue weighted by atomic mass is 10.1. The SMILES string of the molecule is CN(C)CCc1c[nH]c2cccc(OC(=O)c3ccc(F)cc3)c12. The minimum atomic E-state index is -0.498. The number of fused-ring (bicyclic) bond motifs is 1. The minimum Gasteiger partial charge on any atom is -0.422 e. The molecule has 1 aromatic heterocycles. The lowest BCUT2D eigenvalue weighted by molar-refractivity contribution is 0.0737. The molecule has 0 amide bonds. The summed E-state index contributed by atoms with van der Waals surface area (Å²) < 4.78 is 18.6. The molecule has 0 bridgehead atoms. The van der Waals surface area contributed by atoms with Crippen LogP contribution in [0.4, 0.5) is 4.39 Å². The van der Waals surface area contributed by atoms with Gasteiger partial charge in [0.25, 0.3) is 0 Å². The fraction of sp³-hybridized carbons (Fsp3) is 0.211. The van der Waals surface area contributed by atoms with E-state index in [1.165, 1.54) is 24.3 Å². The molecule has 5 heteroatoms. The Morgan fingerprint density at radius 1 is 1.17 bits per heavy atom. The first-order valence-corrected chi connectivity index (χ1v) is 7.76. The Labute approximate surface area is 139 Å². The van der Waals surface area contributed by atoms with E-state index in [0.717, 1.165) is 29.4 Å². The standard InChI is InChI=1S/C19H19FN2O2/c1-22(2)11-10-14-12-21-16-4-3-5-17(18(14)16)24-19(23)13-6-8-15(20)9-7-13/h3-9,12,21H,10-11H2,1-2H3. The van der Waals surface area contributed by atoms with Gasteiger partial charge in [0.2, 0.25) is 0 Å². The van der Waals surface area contributed by atoms with Crippen LogP contribution < -0.4 is 4.74 Å². The second-order valence-corrected chi connectivity index (χ2v) is 5.94. The van der Waals surface area contributed by atoms with E-state index in [4.69, 9.17) is 4.74 Å². The molecule has 0 radical (unpaired) electrons. The molecule has 0 atom stereocenters. The number of carbonyl (C=O) groups is 1. The maximum Gasteiger partial charge on any atom is 0.343 e. The van der Waals surface area contributed by atoms with Gasteiger partial charge in [-0.1, -0.05) is 6.07 Å². The van der Waals surface area contributed by atoms with Crippen molar-refractivity contribution in [2.45, 2.75) is 6.42 Å². The molecule has 0 aliphatic rings. The van der Waals surface area contributed by atoms with E-state index >= 15 is 0 Å². The predicted molar refractivity (Wildman–Crippen MR) is 91.9 cm³/mol. The summed E-state index contributed by atoms with van der Waals surface area (Å²) in [6.45, 7) is 0.896. The maximum atomic E-state index is 13.0. The van der Waals surface area contributed by atoms with E-state index in [-0.39, 0.29) is 5.82 Å². The van der Waals surface area contributed by atoms with Crippen LogP contribution in [-0.4, -0.2) is 36.5 Å². The Bertz CT molecular complexity index is 853. The van der Waals surface area contributed by atoms with Crippen LogP contribution in [0, 0.1) is 5.82 Å². The summed E-state index contributed by atoms with van der Waals surface area (Å²) in [5, 5.41) is 0.912. The number of halogens is 1. The van der Waals surface area contributed by atoms with E-state index in [9.17, 15) is 9.18 Å². The Balaban J connectivity index is 1.89. The number of hydrogen-bond donors (Lipinski definition) is 1. The Morgan fingerprint density at radius 2 is 1.92 bits per heavy atom. The summed E-state index contributed by atoms with van der Waals surface area (Å²) in [6.07, 6.45) is 2.79. The van der Waals surface area contributed by atoms with Gasteiger partial charge in [0.15, 0.2) is 0 Å². The van der Waals surface area contributed by atoms with Crippen molar-refractivity contribution in [2.24, 2.45) is 0 Å². The number of H-pyrrole nitrogens is 1. The van der Waals surface area contributed by atoms with Crippen molar-refractivity contribution in [2.75, 3.05) is 20.6 Å². The van der Waals surface area contributed by atoms with Crippen molar-refractivity contribution in [3.05, 3.63) is 65.6 Å². The molecule has 0 aliphatic carbocycles. The van der Waals surface area contributed by atoms with Crippen LogP contribution in [0.15, 0.2) is 48.7 Å². The number of ether oxygens (including phenoxy) is 1. The summed E-state index contributed by atoms with van der Waals surface area (Å²) in [7, 11) is 4.04. The molecular formula is C19H19FN2O2. The van der Waals surface area contributed by atoms with Crippen LogP contribution in [-0.2, 0) is 6.42 Å². The normalized spacial score (nSPS) is 11.2. The van der Waals surface area contributed by atoms with Gasteiger partial charge >= 0.3 is 5.97 Å². The van der Waals surface area contributed by atoms with Crippen LogP contribution in [0.2, 0.25) is 0 Å². The van der Waals surface area contributed by atoms with Crippen LogP contribution >= 0.6 is 0 Å². The molecule has 0 fully saturated rings. The van der Waals surface area contributed by atoms with E-state index < -0.39 is 5.97 Å². The highest BCUT2D eigenvalue weighted by Crippen LogP contribution is 2.29. The molecule has 24 heavy (non-hydrogen) atoms. The van der Waals surface area contributed by atoms with Gasteiger partial charge in [0.05, 0.1) is 5.56 Å². The molecule has 0 spiro atoms. The Hall–Kier alpha value is -2.66. The molecule has 1 N–H and O–H groups in total.